The van der Waals surface area contributed by atoms with Crippen molar-refractivity contribution in [3.63, 3.8) is 0 Å². The minimum atomic E-state index is -2.60. The van der Waals surface area contributed by atoms with Gasteiger partial charge in [-0.3, -0.25) is 4.79 Å². The first kappa shape index (κ1) is 14.9. The van der Waals surface area contributed by atoms with Crippen LogP contribution in [0.4, 0.5) is 8.78 Å². The maximum Gasteiger partial charge on any atom is 0.255 e. The molecule has 6 heteroatoms. The molecular formula is C12H15F2NO2S. The molecular weight excluding hydrogens is 260 g/mol. The number of aliphatic hydroxyl groups is 1. The molecule has 0 aliphatic carbocycles. The largest absolute Gasteiger partial charge is 0.395 e. The zero-order valence-corrected chi connectivity index (χ0v) is 10.6. The van der Waals surface area contributed by atoms with Gasteiger partial charge in [0.05, 0.1) is 19.6 Å². The van der Waals surface area contributed by atoms with Crippen LogP contribution < -0.4 is 0 Å². The first-order chi connectivity index (χ1) is 8.52. The van der Waals surface area contributed by atoms with Crippen LogP contribution >= 0.6 is 12.6 Å². The molecule has 0 aliphatic heterocycles. The van der Waals surface area contributed by atoms with Crippen molar-refractivity contribution in [3.05, 3.63) is 29.8 Å². The quantitative estimate of drug-likeness (QED) is 0.774. The Bertz CT molecular complexity index is 384. The highest BCUT2D eigenvalue weighted by Crippen LogP contribution is 2.10. The Balaban J connectivity index is 2.63. The predicted molar refractivity (Wildman–Crippen MR) is 67.1 cm³/mol. The summed E-state index contributed by atoms with van der Waals surface area (Å²) in [6, 6.07) is 6.91. The van der Waals surface area contributed by atoms with Crippen molar-refractivity contribution in [3.8, 4) is 0 Å². The third-order valence-electron chi connectivity index (χ3n) is 2.37. The molecule has 0 aliphatic rings. The molecule has 1 aromatic rings. The Morgan fingerprint density at radius 3 is 2.44 bits per heavy atom. The topological polar surface area (TPSA) is 40.5 Å². The summed E-state index contributed by atoms with van der Waals surface area (Å²) in [7, 11) is 0. The molecule has 0 saturated heterocycles. The summed E-state index contributed by atoms with van der Waals surface area (Å²) < 4.78 is 24.5. The molecule has 1 rings (SSSR count). The second-order valence-electron chi connectivity index (χ2n) is 3.80. The number of alkyl halides is 2. The van der Waals surface area contributed by atoms with Gasteiger partial charge in [-0.15, -0.1) is 12.6 Å². The summed E-state index contributed by atoms with van der Waals surface area (Å²) in [5.41, 5.74) is 0.731. The number of carbonyl (C=O) groups is 1. The van der Waals surface area contributed by atoms with Gasteiger partial charge in [0.25, 0.3) is 6.43 Å². The van der Waals surface area contributed by atoms with Crippen LogP contribution in [0.25, 0.3) is 0 Å². The van der Waals surface area contributed by atoms with E-state index in [2.05, 4.69) is 12.6 Å². The molecule has 0 heterocycles. The van der Waals surface area contributed by atoms with E-state index in [0.717, 1.165) is 15.4 Å². The van der Waals surface area contributed by atoms with E-state index in [9.17, 15) is 13.6 Å². The van der Waals surface area contributed by atoms with Gasteiger partial charge in [-0.2, -0.15) is 0 Å². The second-order valence-corrected chi connectivity index (χ2v) is 4.31. The lowest BCUT2D eigenvalue weighted by atomic mass is 10.1. The average molecular weight is 275 g/mol. The van der Waals surface area contributed by atoms with Crippen molar-refractivity contribution in [2.45, 2.75) is 17.7 Å². The van der Waals surface area contributed by atoms with Crippen molar-refractivity contribution in [2.24, 2.45) is 0 Å². The van der Waals surface area contributed by atoms with Crippen molar-refractivity contribution in [1.82, 2.24) is 4.90 Å². The van der Waals surface area contributed by atoms with Gasteiger partial charge in [0.15, 0.2) is 0 Å². The van der Waals surface area contributed by atoms with Gasteiger partial charge in [-0.1, -0.05) is 12.1 Å². The smallest absolute Gasteiger partial charge is 0.255 e. The maximum atomic E-state index is 12.3. The number of carbonyl (C=O) groups excluding carboxylic acids is 1. The lowest BCUT2D eigenvalue weighted by Crippen LogP contribution is -2.38. The summed E-state index contributed by atoms with van der Waals surface area (Å²) in [6.07, 6.45) is -2.55. The molecule has 0 spiro atoms. The summed E-state index contributed by atoms with van der Waals surface area (Å²) >= 11 is 4.11. The van der Waals surface area contributed by atoms with E-state index >= 15 is 0 Å². The Labute approximate surface area is 110 Å². The molecule has 0 aromatic heterocycles. The molecule has 100 valence electrons. The fourth-order valence-corrected chi connectivity index (χ4v) is 1.65. The Kier molecular flexibility index (Phi) is 6.07. The van der Waals surface area contributed by atoms with Gasteiger partial charge in [0, 0.05) is 11.4 Å². The van der Waals surface area contributed by atoms with Crippen LogP contribution in [-0.2, 0) is 11.2 Å². The lowest BCUT2D eigenvalue weighted by molar-refractivity contribution is -0.133. The van der Waals surface area contributed by atoms with Crippen LogP contribution in [0.5, 0.6) is 0 Å². The number of nitrogens with zero attached hydrogens (tertiary/aromatic N) is 1. The molecule has 1 amide bonds. The molecule has 0 radical (unpaired) electrons. The van der Waals surface area contributed by atoms with Gasteiger partial charge in [0.1, 0.15) is 0 Å². The molecule has 1 N–H and O–H groups in total. The van der Waals surface area contributed by atoms with Gasteiger partial charge < -0.3 is 10.0 Å². The fourth-order valence-electron chi connectivity index (χ4n) is 1.51. The second kappa shape index (κ2) is 7.33. The predicted octanol–water partition coefficient (Wildman–Crippen LogP) is 1.60. The summed E-state index contributed by atoms with van der Waals surface area (Å²) in [6.45, 7) is -1.05. The van der Waals surface area contributed by atoms with Crippen LogP contribution in [0.15, 0.2) is 29.2 Å². The molecule has 3 nitrogen and oxygen atoms in total. The molecule has 0 saturated carbocycles. The van der Waals surface area contributed by atoms with Gasteiger partial charge in [-0.05, 0) is 17.7 Å². The highest BCUT2D eigenvalue weighted by atomic mass is 32.1. The zero-order chi connectivity index (χ0) is 13.5. The Morgan fingerprint density at radius 1 is 1.33 bits per heavy atom. The molecule has 0 bridgehead atoms. The van der Waals surface area contributed by atoms with Crippen molar-refractivity contribution in [2.75, 3.05) is 19.7 Å². The number of hydrogen-bond acceptors (Lipinski definition) is 3. The maximum absolute atomic E-state index is 12.3. The molecule has 0 atom stereocenters. The van der Waals surface area contributed by atoms with E-state index in [-0.39, 0.29) is 19.6 Å². The Hall–Kier alpha value is -1.14. The van der Waals surface area contributed by atoms with Crippen LogP contribution in [0, 0.1) is 0 Å². The third kappa shape index (κ3) is 5.01. The van der Waals surface area contributed by atoms with E-state index in [1.165, 1.54) is 0 Å². The summed E-state index contributed by atoms with van der Waals surface area (Å²) in [5.74, 6) is -0.420. The SMILES string of the molecule is O=C(Cc1ccc(S)cc1)N(CCO)CC(F)F. The minimum absolute atomic E-state index is 0.0424. The van der Waals surface area contributed by atoms with Crippen molar-refractivity contribution >= 4 is 18.5 Å². The number of aliphatic hydroxyl groups excluding tert-OH is 1. The zero-order valence-electron chi connectivity index (χ0n) is 9.72. The summed E-state index contributed by atoms with van der Waals surface area (Å²) in [5, 5.41) is 8.75. The Morgan fingerprint density at radius 2 is 1.94 bits per heavy atom. The first-order valence-electron chi connectivity index (χ1n) is 5.47. The number of rotatable bonds is 6. The normalized spacial score (nSPS) is 10.7. The van der Waals surface area contributed by atoms with Gasteiger partial charge in [-0.25, -0.2) is 8.78 Å². The lowest BCUT2D eigenvalue weighted by Gasteiger charge is -2.21. The van der Waals surface area contributed by atoms with Crippen molar-refractivity contribution < 1.29 is 18.7 Å². The van der Waals surface area contributed by atoms with E-state index in [0.29, 0.717) is 0 Å². The molecule has 0 unspecified atom stereocenters. The van der Waals surface area contributed by atoms with Crippen molar-refractivity contribution in [1.29, 1.82) is 0 Å². The van der Waals surface area contributed by atoms with Crippen LogP contribution in [0.1, 0.15) is 5.56 Å². The van der Waals surface area contributed by atoms with Crippen LogP contribution in [0.3, 0.4) is 0 Å². The van der Waals surface area contributed by atoms with Crippen LogP contribution in [-0.4, -0.2) is 42.0 Å². The first-order valence-corrected chi connectivity index (χ1v) is 5.92. The fraction of sp³-hybridized carbons (Fsp3) is 0.417. The highest BCUT2D eigenvalue weighted by Gasteiger charge is 2.17. The highest BCUT2D eigenvalue weighted by molar-refractivity contribution is 7.80. The number of thiol groups is 1. The van der Waals surface area contributed by atoms with Crippen LogP contribution in [0.2, 0.25) is 0 Å². The minimum Gasteiger partial charge on any atom is -0.395 e. The van der Waals surface area contributed by atoms with Gasteiger partial charge >= 0.3 is 0 Å². The summed E-state index contributed by atoms with van der Waals surface area (Å²) in [4.78, 5) is 13.5. The van der Waals surface area contributed by atoms with E-state index in [1.54, 1.807) is 24.3 Å². The number of halogens is 2. The number of amides is 1. The average Bonchev–Trinajstić information content (AvgIpc) is 2.31. The molecule has 18 heavy (non-hydrogen) atoms. The van der Waals surface area contributed by atoms with Gasteiger partial charge in [0.2, 0.25) is 5.91 Å². The van der Waals surface area contributed by atoms with E-state index < -0.39 is 18.9 Å². The molecule has 0 fully saturated rings. The standard InChI is InChI=1S/C12H15F2NO2S/c13-11(14)8-15(5-6-16)12(17)7-9-1-3-10(18)4-2-9/h1-4,11,16,18H,5-8H2. The number of benzene rings is 1. The molecule has 1 aromatic carbocycles. The number of hydrogen-bond donors (Lipinski definition) is 2. The van der Waals surface area contributed by atoms with E-state index in [4.69, 9.17) is 5.11 Å². The van der Waals surface area contributed by atoms with E-state index in [1.807, 2.05) is 0 Å². The third-order valence-corrected chi connectivity index (χ3v) is 2.67. The monoisotopic (exact) mass is 275 g/mol.